The Morgan fingerprint density at radius 3 is 0.947 bits per heavy atom. The fourth-order valence-corrected chi connectivity index (χ4v) is 14.6. The summed E-state index contributed by atoms with van der Waals surface area (Å²) in [6.45, 7) is 0. The molecule has 0 unspecified atom stereocenters. The van der Waals surface area contributed by atoms with E-state index in [9.17, 15) is 10.0 Å². The summed E-state index contributed by atoms with van der Waals surface area (Å²) in [6, 6.07) is 96.8. The molecule has 2 N–H and O–H groups in total. The minimum absolute atomic E-state index is 0.447. The summed E-state index contributed by atoms with van der Waals surface area (Å²) in [5.74, 6) is 0. The van der Waals surface area contributed by atoms with Gasteiger partial charge in [-0.15, -0.1) is 0 Å². The van der Waals surface area contributed by atoms with Crippen molar-refractivity contribution in [2.45, 2.75) is 0 Å². The van der Waals surface area contributed by atoms with Crippen LogP contribution in [0.5, 0.6) is 0 Å². The Labute approximate surface area is 545 Å². The van der Waals surface area contributed by atoms with Gasteiger partial charge in [-0.1, -0.05) is 164 Å². The van der Waals surface area contributed by atoms with Gasteiger partial charge < -0.3 is 37.2 Å². The number of nitrogens with zero attached hydrogens (tertiary/aromatic N) is 6. The van der Waals surface area contributed by atoms with Crippen LogP contribution in [0.15, 0.2) is 317 Å². The second-order valence-corrected chi connectivity index (χ2v) is 24.6. The summed E-state index contributed by atoms with van der Waals surface area (Å²) < 4.78 is 22.5. The zero-order chi connectivity index (χ0) is 62.5. The molecule has 0 saturated carbocycles. The monoisotopic (exact) mass is 1270 g/mol. The summed E-state index contributed by atoms with van der Waals surface area (Å²) in [5.41, 5.74) is 19.5. The second-order valence-electron chi connectivity index (χ2n) is 23.7. The lowest BCUT2D eigenvalue weighted by atomic mass is 9.80. The highest BCUT2D eigenvalue weighted by Gasteiger charge is 2.20. The van der Waals surface area contributed by atoms with E-state index in [4.69, 9.17) is 13.8 Å². The van der Waals surface area contributed by atoms with Crippen molar-refractivity contribution in [2.24, 2.45) is 0 Å². The number of hydrogen-bond acceptors (Lipinski definition) is 6. The standard InChI is InChI=1S/C41H25N3O.C24H16BNO3.C17H11BrN2/c1-5-13-36-30(9-1)31-10-2-6-14-37(31)43(36)28-18-20-41-35(23-28)34-22-26(17-19-40(34)45-41)27-21-29(25-42-24-27)44-38-15-7-3-11-32(38)33-12-4-8-16-39(33)44;27-25(28)15-9-11-23-19(13-15)20-14-16(10-12-24(20)29-23)26-21-7-3-1-5-17(21)18-6-2-4-8-22(18)26;18-12-9-13(11-19-10-12)20-16-7-3-1-5-14(16)15-6-2-4-8-17(15)20/h1-25H;1-14,27-28H;1-11H. The van der Waals surface area contributed by atoms with E-state index in [1.165, 1.54) is 76.2 Å². The van der Waals surface area contributed by atoms with E-state index in [1.54, 1.807) is 24.4 Å². The highest BCUT2D eigenvalue weighted by atomic mass is 79.9. The van der Waals surface area contributed by atoms with E-state index in [-0.39, 0.29) is 0 Å². The Hall–Kier alpha value is -11.8. The molecule has 12 aromatic carbocycles. The smallest absolute Gasteiger partial charge is 0.456 e. The van der Waals surface area contributed by atoms with Gasteiger partial charge in [0.2, 0.25) is 0 Å². The van der Waals surface area contributed by atoms with Crippen LogP contribution in [0.3, 0.4) is 0 Å². The zero-order valence-corrected chi connectivity index (χ0v) is 51.8. The number of para-hydroxylation sites is 8. The minimum atomic E-state index is -1.51. The third kappa shape index (κ3) is 9.02. The zero-order valence-electron chi connectivity index (χ0n) is 50.2. The lowest BCUT2D eigenvalue weighted by Gasteiger charge is -2.10. The molecule has 0 radical (unpaired) electrons. The van der Waals surface area contributed by atoms with Crippen molar-refractivity contribution in [1.82, 2.24) is 28.2 Å². The van der Waals surface area contributed by atoms with Crippen molar-refractivity contribution in [1.29, 1.82) is 0 Å². The Balaban J connectivity index is 0.000000113. The highest BCUT2D eigenvalue weighted by Crippen LogP contribution is 2.40. The Bertz CT molecular complexity index is 6190. The van der Waals surface area contributed by atoms with Gasteiger partial charge >= 0.3 is 7.12 Å². The number of aromatic nitrogens is 6. The number of furan rings is 2. The van der Waals surface area contributed by atoms with Crippen molar-refractivity contribution in [2.75, 3.05) is 0 Å². The number of benzene rings is 12. The summed E-state index contributed by atoms with van der Waals surface area (Å²) in [6.07, 6.45) is 7.59. The summed E-state index contributed by atoms with van der Waals surface area (Å²) in [7, 11) is -1.51. The van der Waals surface area contributed by atoms with Gasteiger partial charge in [-0.25, -0.2) is 0 Å². The summed E-state index contributed by atoms with van der Waals surface area (Å²) in [4.78, 5) is 9.00. The molecule has 0 fully saturated rings. The Morgan fingerprint density at radius 1 is 0.266 bits per heavy atom. The molecule has 0 amide bonds. The average Bonchev–Trinajstić information content (AvgIpc) is 1.61. The molecule has 0 spiro atoms. The minimum Gasteiger partial charge on any atom is -0.456 e. The van der Waals surface area contributed by atoms with Gasteiger partial charge in [0.1, 0.15) is 22.3 Å². The first-order valence-electron chi connectivity index (χ1n) is 31.2. The van der Waals surface area contributed by atoms with E-state index < -0.39 is 7.12 Å². The number of hydrogen-bond donors (Lipinski definition) is 2. The van der Waals surface area contributed by atoms with Crippen LogP contribution in [-0.4, -0.2) is 45.4 Å². The van der Waals surface area contributed by atoms with Crippen LogP contribution >= 0.6 is 15.9 Å². The van der Waals surface area contributed by atoms with Crippen LogP contribution in [0.25, 0.3) is 165 Å². The maximum Gasteiger partial charge on any atom is 0.488 e. The van der Waals surface area contributed by atoms with Gasteiger partial charge in [-0.3, -0.25) is 9.97 Å². The molecule has 12 heteroatoms. The van der Waals surface area contributed by atoms with Crippen LogP contribution in [0, 0.1) is 0 Å². The number of pyridine rings is 2. The van der Waals surface area contributed by atoms with Crippen LogP contribution in [0.2, 0.25) is 0 Å². The maximum atomic E-state index is 9.56. The lowest BCUT2D eigenvalue weighted by Crippen LogP contribution is -2.29. The predicted molar refractivity (Wildman–Crippen MR) is 390 cm³/mol. The summed E-state index contributed by atoms with van der Waals surface area (Å²) >= 11 is 3.50. The van der Waals surface area contributed by atoms with E-state index in [0.29, 0.717) is 5.46 Å². The first-order valence-corrected chi connectivity index (χ1v) is 31.9. The number of rotatable bonds is 6. The number of fused-ring (bicyclic) bond motifs is 18. The lowest BCUT2D eigenvalue weighted by molar-refractivity contribution is 0.426. The molecule has 0 aliphatic carbocycles. The van der Waals surface area contributed by atoms with Gasteiger partial charge in [0, 0.05) is 98.4 Å². The highest BCUT2D eigenvalue weighted by molar-refractivity contribution is 9.10. The molecular weight excluding hydrogens is 1220 g/mol. The van der Waals surface area contributed by atoms with Crippen LogP contribution in [0.4, 0.5) is 0 Å². The van der Waals surface area contributed by atoms with Crippen LogP contribution in [0.1, 0.15) is 0 Å². The first-order chi connectivity index (χ1) is 46.4. The van der Waals surface area contributed by atoms with Gasteiger partial charge in [0.25, 0.3) is 0 Å². The quantitative estimate of drug-likeness (QED) is 0.160. The van der Waals surface area contributed by atoms with Crippen molar-refractivity contribution in [3.05, 3.63) is 308 Å². The Kier molecular flexibility index (Phi) is 13.0. The maximum absolute atomic E-state index is 9.56. The van der Waals surface area contributed by atoms with Gasteiger partial charge in [0.15, 0.2) is 0 Å². The predicted octanol–water partition coefficient (Wildman–Crippen LogP) is 20.1. The molecular formula is C82H52BBrN6O4. The van der Waals surface area contributed by atoms with E-state index in [2.05, 4.69) is 294 Å². The van der Waals surface area contributed by atoms with Crippen molar-refractivity contribution >= 4 is 160 Å². The molecule has 8 aromatic heterocycles. The average molecular weight is 1280 g/mol. The third-order valence-corrected chi connectivity index (χ3v) is 18.8. The number of halogens is 1. The summed E-state index contributed by atoms with van der Waals surface area (Å²) in [5, 5.41) is 33.1. The molecule has 0 bridgehead atoms. The van der Waals surface area contributed by atoms with E-state index in [1.807, 2.05) is 24.7 Å². The molecule has 0 atom stereocenters. The third-order valence-electron chi connectivity index (χ3n) is 18.3. The molecule has 10 nitrogen and oxygen atoms in total. The SMILES string of the molecule is Brc1cncc(-n2c3ccccc3c3ccccc32)c1.OB(O)c1ccc2oc3ccc(-n4c5ccccc5c5ccccc54)cc3c2c1.c1ccc2c(c1)c1ccccc1n2-c1cncc(-c2ccc3oc4ccc(-n5c6ccccc6c6ccccc65)cc4c3c2)c1. The van der Waals surface area contributed by atoms with Crippen molar-refractivity contribution in [3.63, 3.8) is 0 Å². The normalized spacial score (nSPS) is 11.8. The van der Waals surface area contributed by atoms with Gasteiger partial charge in [-0.2, -0.15) is 0 Å². The molecule has 20 aromatic rings. The largest absolute Gasteiger partial charge is 0.488 e. The molecule has 0 aliphatic heterocycles. The van der Waals surface area contributed by atoms with Gasteiger partial charge in [0.05, 0.1) is 67.9 Å². The molecule has 20 rings (SSSR count). The first kappa shape index (κ1) is 55.1. The molecule has 94 heavy (non-hydrogen) atoms. The van der Waals surface area contributed by atoms with E-state index >= 15 is 0 Å². The Morgan fingerprint density at radius 2 is 0.574 bits per heavy atom. The van der Waals surface area contributed by atoms with E-state index in [0.717, 1.165) is 93.3 Å². The fraction of sp³-hybridized carbons (Fsp3) is 0. The fourth-order valence-electron chi connectivity index (χ4n) is 14.2. The molecule has 0 saturated heterocycles. The van der Waals surface area contributed by atoms with Crippen molar-refractivity contribution < 1.29 is 18.9 Å². The van der Waals surface area contributed by atoms with Gasteiger partial charge in [-0.05, 0) is 142 Å². The topological polar surface area (TPSA) is 112 Å². The van der Waals surface area contributed by atoms with Crippen LogP contribution in [-0.2, 0) is 0 Å². The second kappa shape index (κ2) is 22.3. The molecule has 8 heterocycles. The molecule has 444 valence electrons. The van der Waals surface area contributed by atoms with Crippen molar-refractivity contribution in [3.8, 4) is 33.9 Å². The molecule has 0 aliphatic rings. The van der Waals surface area contributed by atoms with Crippen LogP contribution < -0.4 is 5.46 Å².